The molecule has 1 aliphatic heterocycles. The van der Waals surface area contributed by atoms with Crippen molar-refractivity contribution in [3.05, 3.63) is 29.9 Å². The van der Waals surface area contributed by atoms with Gasteiger partial charge in [-0.2, -0.15) is 0 Å². The maximum atomic E-state index is 5.60. The second kappa shape index (κ2) is 5.06. The fourth-order valence-corrected chi connectivity index (χ4v) is 2.76. The maximum Gasteiger partial charge on any atom is 0.241 e. The quantitative estimate of drug-likeness (QED) is 0.767. The number of aromatic amines is 1. The Balaban J connectivity index is 1.82. The van der Waals surface area contributed by atoms with Crippen LogP contribution in [0.25, 0.3) is 11.0 Å². The third kappa shape index (κ3) is 2.12. The van der Waals surface area contributed by atoms with Crippen LogP contribution >= 0.6 is 0 Å². The summed E-state index contributed by atoms with van der Waals surface area (Å²) in [6, 6.07) is 1.85. The highest BCUT2D eigenvalue weighted by Gasteiger charge is 2.31. The molecule has 8 nitrogen and oxygen atoms in total. The summed E-state index contributed by atoms with van der Waals surface area (Å²) in [5, 5.41) is 9.05. The molecule has 0 saturated carbocycles. The van der Waals surface area contributed by atoms with E-state index in [1.165, 1.54) is 0 Å². The number of nitrogens with zero attached hydrogens (tertiary/aromatic N) is 5. The summed E-state index contributed by atoms with van der Waals surface area (Å²) in [6.07, 6.45) is 1.87. The third-order valence-electron chi connectivity index (χ3n) is 3.73. The first-order valence-corrected chi connectivity index (χ1v) is 7.18. The Morgan fingerprint density at radius 3 is 3.00 bits per heavy atom. The number of hydrogen-bond donors (Lipinski definition) is 1. The Morgan fingerprint density at radius 1 is 1.27 bits per heavy atom. The van der Waals surface area contributed by atoms with Crippen LogP contribution in [0, 0.1) is 13.8 Å². The summed E-state index contributed by atoms with van der Waals surface area (Å²) >= 11 is 0. The van der Waals surface area contributed by atoms with Crippen molar-refractivity contribution in [2.24, 2.45) is 0 Å². The molecule has 22 heavy (non-hydrogen) atoms. The van der Waals surface area contributed by atoms with Gasteiger partial charge in [-0.15, -0.1) is 10.2 Å². The zero-order valence-corrected chi connectivity index (χ0v) is 12.4. The molecule has 3 aromatic rings. The molecule has 0 spiro atoms. The van der Waals surface area contributed by atoms with Crippen molar-refractivity contribution in [3.8, 4) is 0 Å². The molecule has 4 rings (SSSR count). The number of morpholine rings is 1. The first kappa shape index (κ1) is 13.2. The molecule has 3 aromatic heterocycles. The topological polar surface area (TPSA) is 93.0 Å². The van der Waals surface area contributed by atoms with Crippen molar-refractivity contribution < 1.29 is 9.15 Å². The third-order valence-corrected chi connectivity index (χ3v) is 3.73. The average molecular weight is 300 g/mol. The van der Waals surface area contributed by atoms with Gasteiger partial charge in [-0.1, -0.05) is 0 Å². The van der Waals surface area contributed by atoms with Crippen molar-refractivity contribution in [2.45, 2.75) is 19.9 Å². The Hall–Kier alpha value is -2.48. The molecule has 114 valence electrons. The van der Waals surface area contributed by atoms with E-state index in [-0.39, 0.29) is 6.04 Å². The van der Waals surface area contributed by atoms with Gasteiger partial charge in [-0.05, 0) is 13.0 Å². The zero-order valence-electron chi connectivity index (χ0n) is 12.4. The van der Waals surface area contributed by atoms with Gasteiger partial charge in [-0.3, -0.25) is 0 Å². The van der Waals surface area contributed by atoms with Gasteiger partial charge in [0.1, 0.15) is 23.3 Å². The molecule has 1 atom stereocenters. The summed E-state index contributed by atoms with van der Waals surface area (Å²) in [5.74, 6) is 2.69. The standard InChI is InChI=1S/C14H16N6O2/c1-8-16-12-10(3-4-15-12)13(17-8)20-5-6-21-7-11(20)14-19-18-9(2)22-14/h3-4,11H,5-7H2,1-2H3,(H,15,16,17). The molecule has 1 fully saturated rings. The number of nitrogens with one attached hydrogen (secondary N) is 1. The highest BCUT2D eigenvalue weighted by molar-refractivity contribution is 5.87. The fraction of sp³-hybridized carbons (Fsp3) is 0.429. The van der Waals surface area contributed by atoms with Crippen molar-refractivity contribution >= 4 is 16.9 Å². The molecule has 1 saturated heterocycles. The molecule has 0 amide bonds. The van der Waals surface area contributed by atoms with Crippen molar-refractivity contribution in [3.63, 3.8) is 0 Å². The van der Waals surface area contributed by atoms with Crippen LogP contribution in [-0.2, 0) is 4.74 Å². The van der Waals surface area contributed by atoms with Crippen LogP contribution in [0.5, 0.6) is 0 Å². The van der Waals surface area contributed by atoms with E-state index < -0.39 is 0 Å². The largest absolute Gasteiger partial charge is 0.423 e. The van der Waals surface area contributed by atoms with Gasteiger partial charge in [0.25, 0.3) is 0 Å². The predicted molar refractivity (Wildman–Crippen MR) is 78.6 cm³/mol. The van der Waals surface area contributed by atoms with Crippen molar-refractivity contribution in [2.75, 3.05) is 24.7 Å². The van der Waals surface area contributed by atoms with Gasteiger partial charge in [0.15, 0.2) is 0 Å². The molecule has 1 N–H and O–H groups in total. The zero-order chi connectivity index (χ0) is 15.1. The van der Waals surface area contributed by atoms with Crippen LogP contribution in [0.4, 0.5) is 5.82 Å². The Morgan fingerprint density at radius 2 is 2.18 bits per heavy atom. The van der Waals surface area contributed by atoms with E-state index in [1.807, 2.05) is 19.2 Å². The lowest BCUT2D eigenvalue weighted by atomic mass is 10.2. The first-order valence-electron chi connectivity index (χ1n) is 7.18. The number of H-pyrrole nitrogens is 1. The van der Waals surface area contributed by atoms with E-state index in [9.17, 15) is 0 Å². The van der Waals surface area contributed by atoms with Crippen LogP contribution in [0.1, 0.15) is 23.6 Å². The van der Waals surface area contributed by atoms with Gasteiger partial charge < -0.3 is 19.0 Å². The summed E-state index contributed by atoms with van der Waals surface area (Å²) in [6.45, 7) is 5.51. The Kier molecular flexibility index (Phi) is 3.04. The van der Waals surface area contributed by atoms with Crippen LogP contribution in [-0.4, -0.2) is 44.9 Å². The summed E-state index contributed by atoms with van der Waals surface area (Å²) in [5.41, 5.74) is 0.828. The summed E-state index contributed by atoms with van der Waals surface area (Å²) < 4.78 is 11.2. The molecular formula is C14H16N6O2. The smallest absolute Gasteiger partial charge is 0.241 e. The number of anilines is 1. The highest BCUT2D eigenvalue weighted by Crippen LogP contribution is 2.32. The van der Waals surface area contributed by atoms with Gasteiger partial charge in [0.05, 0.1) is 18.6 Å². The number of aromatic nitrogens is 5. The lowest BCUT2D eigenvalue weighted by Crippen LogP contribution is -2.40. The highest BCUT2D eigenvalue weighted by atomic mass is 16.5. The van der Waals surface area contributed by atoms with E-state index in [1.54, 1.807) is 6.92 Å². The second-order valence-corrected chi connectivity index (χ2v) is 5.28. The fourth-order valence-electron chi connectivity index (χ4n) is 2.76. The summed E-state index contributed by atoms with van der Waals surface area (Å²) in [7, 11) is 0. The van der Waals surface area contributed by atoms with Gasteiger partial charge >= 0.3 is 0 Å². The number of fused-ring (bicyclic) bond motifs is 1. The first-order chi connectivity index (χ1) is 10.7. The molecule has 0 aliphatic carbocycles. The average Bonchev–Trinajstić information content (AvgIpc) is 3.15. The molecule has 0 aromatic carbocycles. The van der Waals surface area contributed by atoms with E-state index in [2.05, 4.69) is 30.0 Å². The SMILES string of the molecule is Cc1nc(N2CCOCC2c2nnc(C)o2)c2cc[nH]c2n1. The van der Waals surface area contributed by atoms with Crippen molar-refractivity contribution in [1.29, 1.82) is 0 Å². The molecule has 1 unspecified atom stereocenters. The lowest BCUT2D eigenvalue weighted by molar-refractivity contribution is 0.0854. The number of rotatable bonds is 2. The minimum Gasteiger partial charge on any atom is -0.423 e. The van der Waals surface area contributed by atoms with Crippen LogP contribution in [0.15, 0.2) is 16.7 Å². The van der Waals surface area contributed by atoms with Crippen LogP contribution in [0.2, 0.25) is 0 Å². The maximum absolute atomic E-state index is 5.60. The summed E-state index contributed by atoms with van der Waals surface area (Å²) in [4.78, 5) is 14.3. The van der Waals surface area contributed by atoms with Gasteiger partial charge in [0, 0.05) is 19.7 Å². The number of aryl methyl sites for hydroxylation is 2. The predicted octanol–water partition coefficient (Wildman–Crippen LogP) is 1.54. The van der Waals surface area contributed by atoms with Crippen LogP contribution < -0.4 is 4.90 Å². The molecule has 8 heteroatoms. The Labute approximate surface area is 126 Å². The second-order valence-electron chi connectivity index (χ2n) is 5.28. The number of ether oxygens (including phenoxy) is 1. The normalized spacial score (nSPS) is 19.0. The molecular weight excluding hydrogens is 284 g/mol. The molecule has 0 bridgehead atoms. The minimum absolute atomic E-state index is 0.137. The van der Waals surface area contributed by atoms with Gasteiger partial charge in [0.2, 0.25) is 11.8 Å². The van der Waals surface area contributed by atoms with E-state index in [4.69, 9.17) is 9.15 Å². The van der Waals surface area contributed by atoms with E-state index in [0.29, 0.717) is 31.5 Å². The van der Waals surface area contributed by atoms with Crippen LogP contribution in [0.3, 0.4) is 0 Å². The number of hydrogen-bond acceptors (Lipinski definition) is 7. The van der Waals surface area contributed by atoms with Gasteiger partial charge in [-0.25, -0.2) is 9.97 Å². The monoisotopic (exact) mass is 300 g/mol. The molecule has 0 radical (unpaired) electrons. The molecule has 1 aliphatic rings. The minimum atomic E-state index is -0.137. The Bertz CT molecular complexity index is 811. The van der Waals surface area contributed by atoms with E-state index in [0.717, 1.165) is 22.7 Å². The van der Waals surface area contributed by atoms with E-state index >= 15 is 0 Å². The van der Waals surface area contributed by atoms with Crippen molar-refractivity contribution in [1.82, 2.24) is 25.1 Å². The lowest BCUT2D eigenvalue weighted by Gasteiger charge is -2.34. The molecule has 4 heterocycles.